The second-order valence-corrected chi connectivity index (χ2v) is 6.20. The van der Waals surface area contributed by atoms with Gasteiger partial charge in [-0.2, -0.15) is 0 Å². The summed E-state index contributed by atoms with van der Waals surface area (Å²) in [7, 11) is 0. The van der Waals surface area contributed by atoms with E-state index >= 15 is 0 Å². The van der Waals surface area contributed by atoms with Crippen LogP contribution < -0.4 is 5.32 Å². The van der Waals surface area contributed by atoms with Gasteiger partial charge in [0.25, 0.3) is 0 Å². The second-order valence-electron chi connectivity index (χ2n) is 5.36. The Morgan fingerprint density at radius 1 is 1.10 bits per heavy atom. The van der Waals surface area contributed by atoms with Crippen LogP contribution in [0.5, 0.6) is 0 Å². The normalized spacial score (nSPS) is 12.4. The number of aryl methyl sites for hydroxylation is 1. The van der Waals surface area contributed by atoms with Gasteiger partial charge in [-0.05, 0) is 54.8 Å². The van der Waals surface area contributed by atoms with Crippen LogP contribution in [0, 0.1) is 6.92 Å². The molecular weight excluding hydrogens is 301 g/mol. The standard InChI is InChI=1S/C18H21Cl2N/c1-3-21-12-16(14-5-4-6-17(19)11-14)10-15-8-7-13(2)9-18(15)20/h4-9,11,16,21H,3,10,12H2,1-2H3. The zero-order valence-electron chi connectivity index (χ0n) is 12.5. The van der Waals surface area contributed by atoms with Gasteiger partial charge in [-0.25, -0.2) is 0 Å². The second kappa shape index (κ2) is 7.84. The molecule has 1 atom stereocenters. The van der Waals surface area contributed by atoms with Gasteiger partial charge in [0.1, 0.15) is 0 Å². The number of hydrogen-bond donors (Lipinski definition) is 1. The van der Waals surface area contributed by atoms with Crippen molar-refractivity contribution in [3.8, 4) is 0 Å². The lowest BCUT2D eigenvalue weighted by Crippen LogP contribution is -2.22. The summed E-state index contributed by atoms with van der Waals surface area (Å²) in [5.74, 6) is 0.365. The van der Waals surface area contributed by atoms with E-state index in [0.717, 1.165) is 29.6 Å². The number of likely N-dealkylation sites (N-methyl/N-ethyl adjacent to an activating group) is 1. The molecule has 0 heterocycles. The van der Waals surface area contributed by atoms with Gasteiger partial charge in [-0.15, -0.1) is 0 Å². The summed E-state index contributed by atoms with van der Waals surface area (Å²) < 4.78 is 0. The van der Waals surface area contributed by atoms with Crippen molar-refractivity contribution in [2.24, 2.45) is 0 Å². The number of halogens is 2. The van der Waals surface area contributed by atoms with Crippen molar-refractivity contribution < 1.29 is 0 Å². The highest BCUT2D eigenvalue weighted by Gasteiger charge is 2.14. The molecule has 0 amide bonds. The molecule has 0 fully saturated rings. The fourth-order valence-corrected chi connectivity index (χ4v) is 2.98. The molecule has 0 bridgehead atoms. The first-order chi connectivity index (χ1) is 10.1. The predicted octanol–water partition coefficient (Wildman–Crippen LogP) is 5.24. The molecule has 1 N–H and O–H groups in total. The molecule has 2 aromatic rings. The summed E-state index contributed by atoms with van der Waals surface area (Å²) in [5, 5.41) is 5.06. The summed E-state index contributed by atoms with van der Waals surface area (Å²) in [5.41, 5.74) is 3.62. The molecule has 0 radical (unpaired) electrons. The number of benzene rings is 2. The van der Waals surface area contributed by atoms with Crippen LogP contribution in [0.3, 0.4) is 0 Å². The Morgan fingerprint density at radius 2 is 1.90 bits per heavy atom. The highest BCUT2D eigenvalue weighted by atomic mass is 35.5. The summed E-state index contributed by atoms with van der Waals surface area (Å²) in [4.78, 5) is 0. The maximum absolute atomic E-state index is 6.38. The molecular formula is C18H21Cl2N. The van der Waals surface area contributed by atoms with E-state index in [4.69, 9.17) is 23.2 Å². The fraction of sp³-hybridized carbons (Fsp3) is 0.333. The Labute approximate surface area is 137 Å². The average Bonchev–Trinajstić information content (AvgIpc) is 2.45. The third-order valence-electron chi connectivity index (χ3n) is 3.64. The molecule has 3 heteroatoms. The van der Waals surface area contributed by atoms with Crippen molar-refractivity contribution >= 4 is 23.2 Å². The van der Waals surface area contributed by atoms with Crippen LogP contribution in [0.2, 0.25) is 10.0 Å². The molecule has 0 aromatic heterocycles. The highest BCUT2D eigenvalue weighted by Crippen LogP contribution is 2.27. The maximum atomic E-state index is 6.38. The van der Waals surface area contributed by atoms with Crippen molar-refractivity contribution in [3.63, 3.8) is 0 Å². The Bertz CT molecular complexity index is 596. The van der Waals surface area contributed by atoms with E-state index in [0.29, 0.717) is 5.92 Å². The zero-order chi connectivity index (χ0) is 15.2. The summed E-state index contributed by atoms with van der Waals surface area (Å²) in [6, 6.07) is 14.4. The van der Waals surface area contributed by atoms with Gasteiger partial charge in [-0.1, -0.05) is 54.4 Å². The Morgan fingerprint density at radius 3 is 2.57 bits per heavy atom. The van der Waals surface area contributed by atoms with Gasteiger partial charge < -0.3 is 5.32 Å². The largest absolute Gasteiger partial charge is 0.316 e. The molecule has 0 saturated heterocycles. The fourth-order valence-electron chi connectivity index (χ4n) is 2.47. The minimum absolute atomic E-state index is 0.365. The average molecular weight is 322 g/mol. The lowest BCUT2D eigenvalue weighted by atomic mass is 9.91. The molecule has 112 valence electrons. The Balaban J connectivity index is 2.23. The molecule has 0 aliphatic rings. The molecule has 21 heavy (non-hydrogen) atoms. The molecule has 0 aliphatic heterocycles. The number of rotatable bonds is 6. The van der Waals surface area contributed by atoms with Crippen LogP contribution in [0.25, 0.3) is 0 Å². The first kappa shape index (κ1) is 16.4. The van der Waals surface area contributed by atoms with Crippen LogP contribution >= 0.6 is 23.2 Å². The van der Waals surface area contributed by atoms with Crippen LogP contribution in [0.4, 0.5) is 0 Å². The van der Waals surface area contributed by atoms with Crippen molar-refractivity contribution in [1.82, 2.24) is 5.32 Å². The minimum atomic E-state index is 0.365. The molecule has 1 unspecified atom stereocenters. The smallest absolute Gasteiger partial charge is 0.0440 e. The molecule has 0 aliphatic carbocycles. The van der Waals surface area contributed by atoms with E-state index in [-0.39, 0.29) is 0 Å². The minimum Gasteiger partial charge on any atom is -0.316 e. The molecule has 0 saturated carbocycles. The SMILES string of the molecule is CCNCC(Cc1ccc(C)cc1Cl)c1cccc(Cl)c1. The van der Waals surface area contributed by atoms with E-state index in [1.54, 1.807) is 0 Å². The van der Waals surface area contributed by atoms with Crippen molar-refractivity contribution in [2.75, 3.05) is 13.1 Å². The van der Waals surface area contributed by atoms with Gasteiger partial charge in [0.15, 0.2) is 0 Å². The third kappa shape index (κ3) is 4.74. The molecule has 2 aromatic carbocycles. The topological polar surface area (TPSA) is 12.0 Å². The van der Waals surface area contributed by atoms with Gasteiger partial charge in [0, 0.05) is 22.5 Å². The number of nitrogens with one attached hydrogen (secondary N) is 1. The van der Waals surface area contributed by atoms with Crippen LogP contribution in [0.1, 0.15) is 29.5 Å². The molecule has 0 spiro atoms. The monoisotopic (exact) mass is 321 g/mol. The van der Waals surface area contributed by atoms with Crippen LogP contribution in [-0.4, -0.2) is 13.1 Å². The molecule has 2 rings (SSSR count). The Hall–Kier alpha value is -1.02. The van der Waals surface area contributed by atoms with E-state index in [1.165, 1.54) is 16.7 Å². The third-order valence-corrected chi connectivity index (χ3v) is 4.22. The van der Waals surface area contributed by atoms with Gasteiger partial charge >= 0.3 is 0 Å². The van der Waals surface area contributed by atoms with E-state index in [9.17, 15) is 0 Å². The summed E-state index contributed by atoms with van der Waals surface area (Å²) in [6.45, 7) is 6.05. The predicted molar refractivity (Wildman–Crippen MR) is 92.6 cm³/mol. The van der Waals surface area contributed by atoms with Gasteiger partial charge in [0.05, 0.1) is 0 Å². The zero-order valence-corrected chi connectivity index (χ0v) is 14.0. The van der Waals surface area contributed by atoms with E-state index in [2.05, 4.69) is 37.4 Å². The summed E-state index contributed by atoms with van der Waals surface area (Å²) >= 11 is 12.5. The lowest BCUT2D eigenvalue weighted by Gasteiger charge is -2.19. The van der Waals surface area contributed by atoms with Crippen LogP contribution in [0.15, 0.2) is 42.5 Å². The maximum Gasteiger partial charge on any atom is 0.0440 e. The first-order valence-electron chi connectivity index (χ1n) is 7.31. The van der Waals surface area contributed by atoms with Crippen molar-refractivity contribution in [3.05, 3.63) is 69.2 Å². The van der Waals surface area contributed by atoms with E-state index < -0.39 is 0 Å². The van der Waals surface area contributed by atoms with Crippen molar-refractivity contribution in [1.29, 1.82) is 0 Å². The highest BCUT2D eigenvalue weighted by molar-refractivity contribution is 6.31. The summed E-state index contributed by atoms with van der Waals surface area (Å²) in [6.07, 6.45) is 0.909. The van der Waals surface area contributed by atoms with Gasteiger partial charge in [-0.3, -0.25) is 0 Å². The van der Waals surface area contributed by atoms with Crippen molar-refractivity contribution in [2.45, 2.75) is 26.2 Å². The number of hydrogen-bond acceptors (Lipinski definition) is 1. The molecule has 1 nitrogen and oxygen atoms in total. The first-order valence-corrected chi connectivity index (χ1v) is 8.07. The quantitative estimate of drug-likeness (QED) is 0.767. The van der Waals surface area contributed by atoms with E-state index in [1.807, 2.05) is 24.3 Å². The van der Waals surface area contributed by atoms with Crippen LogP contribution in [-0.2, 0) is 6.42 Å². The lowest BCUT2D eigenvalue weighted by molar-refractivity contribution is 0.595. The van der Waals surface area contributed by atoms with Gasteiger partial charge in [0.2, 0.25) is 0 Å². The Kier molecular flexibility index (Phi) is 6.10.